The summed E-state index contributed by atoms with van der Waals surface area (Å²) >= 11 is 3.38. The zero-order chi connectivity index (χ0) is 10.0. The number of aryl methyl sites for hydroxylation is 1. The summed E-state index contributed by atoms with van der Waals surface area (Å²) in [4.78, 5) is 0. The highest BCUT2D eigenvalue weighted by molar-refractivity contribution is 9.10. The Bertz CT molecular complexity index is 312. The summed E-state index contributed by atoms with van der Waals surface area (Å²) in [5, 5.41) is 0. The molecule has 3 heteroatoms. The van der Waals surface area contributed by atoms with E-state index in [0.29, 0.717) is 12.1 Å². The summed E-state index contributed by atoms with van der Waals surface area (Å²) in [5.74, 6) is -0.135. The molecule has 1 unspecified atom stereocenters. The van der Waals surface area contributed by atoms with Crippen molar-refractivity contribution in [3.05, 3.63) is 33.5 Å². The van der Waals surface area contributed by atoms with Crippen LogP contribution in [0.25, 0.3) is 0 Å². The molecule has 0 saturated heterocycles. The lowest BCUT2D eigenvalue weighted by Crippen LogP contribution is -2.11. The van der Waals surface area contributed by atoms with Crippen LogP contribution in [0.4, 0.5) is 4.39 Å². The molecule has 1 rings (SSSR count). The molecule has 0 radical (unpaired) electrons. The maximum absolute atomic E-state index is 13.4. The Morgan fingerprint density at radius 1 is 1.54 bits per heavy atom. The van der Waals surface area contributed by atoms with E-state index in [4.69, 9.17) is 5.73 Å². The molecule has 0 heterocycles. The van der Waals surface area contributed by atoms with Gasteiger partial charge in [-0.1, -0.05) is 28.9 Å². The van der Waals surface area contributed by atoms with Gasteiger partial charge in [-0.05, 0) is 31.0 Å². The third kappa shape index (κ3) is 2.09. The van der Waals surface area contributed by atoms with Crippen LogP contribution in [0.2, 0.25) is 0 Å². The Balaban J connectivity index is 3.25. The van der Waals surface area contributed by atoms with Crippen molar-refractivity contribution in [1.82, 2.24) is 0 Å². The molecule has 1 aromatic rings. The van der Waals surface area contributed by atoms with Crippen LogP contribution < -0.4 is 5.73 Å². The number of hydrogen-bond donors (Lipinski definition) is 1. The molecule has 0 bridgehead atoms. The average molecular weight is 246 g/mol. The van der Waals surface area contributed by atoms with Crippen LogP contribution >= 0.6 is 15.9 Å². The quantitative estimate of drug-likeness (QED) is 0.852. The summed E-state index contributed by atoms with van der Waals surface area (Å²) in [7, 11) is 0. The van der Waals surface area contributed by atoms with Crippen molar-refractivity contribution in [3.8, 4) is 0 Å². The molecular formula is C10H13BrFN. The summed E-state index contributed by atoms with van der Waals surface area (Å²) in [6, 6.07) is 3.24. The Morgan fingerprint density at radius 2 is 2.15 bits per heavy atom. The fourth-order valence-corrected chi connectivity index (χ4v) is 1.96. The van der Waals surface area contributed by atoms with Gasteiger partial charge in [0.15, 0.2) is 0 Å². The highest BCUT2D eigenvalue weighted by atomic mass is 79.9. The molecule has 1 aromatic carbocycles. The summed E-state index contributed by atoms with van der Waals surface area (Å²) in [5.41, 5.74) is 7.23. The van der Waals surface area contributed by atoms with Crippen molar-refractivity contribution < 1.29 is 4.39 Å². The highest BCUT2D eigenvalue weighted by Gasteiger charge is 2.14. The van der Waals surface area contributed by atoms with Gasteiger partial charge < -0.3 is 5.73 Å². The molecule has 0 fully saturated rings. The van der Waals surface area contributed by atoms with Crippen LogP contribution in [0.5, 0.6) is 0 Å². The van der Waals surface area contributed by atoms with Crippen LogP contribution in [0.1, 0.15) is 24.0 Å². The highest BCUT2D eigenvalue weighted by Crippen LogP contribution is 2.29. The Morgan fingerprint density at radius 3 is 2.69 bits per heavy atom. The van der Waals surface area contributed by atoms with E-state index in [1.54, 1.807) is 6.07 Å². The maximum atomic E-state index is 13.4. The minimum absolute atomic E-state index is 0.0503. The number of nitrogens with two attached hydrogens (primary N) is 1. The van der Waals surface area contributed by atoms with Gasteiger partial charge in [0.2, 0.25) is 0 Å². The summed E-state index contributed by atoms with van der Waals surface area (Å²) in [6.45, 7) is 4.32. The lowest BCUT2D eigenvalue weighted by atomic mass is 9.99. The molecule has 0 spiro atoms. The van der Waals surface area contributed by atoms with Gasteiger partial charge in [0.05, 0.1) is 0 Å². The predicted octanol–water partition coefficient (Wildman–Crippen LogP) is 2.96. The van der Waals surface area contributed by atoms with Gasteiger partial charge in [-0.3, -0.25) is 0 Å². The third-order valence-corrected chi connectivity index (χ3v) is 3.22. The number of rotatable bonds is 2. The first-order valence-electron chi connectivity index (χ1n) is 4.22. The van der Waals surface area contributed by atoms with Gasteiger partial charge in [-0.15, -0.1) is 0 Å². The van der Waals surface area contributed by atoms with Crippen LogP contribution in [0.3, 0.4) is 0 Å². The SMILES string of the molecule is Cc1ccc(F)c(C(C)CN)c1Br. The summed E-state index contributed by atoms with van der Waals surface area (Å²) < 4.78 is 14.2. The van der Waals surface area contributed by atoms with Crippen molar-refractivity contribution in [1.29, 1.82) is 0 Å². The molecule has 0 amide bonds. The Kier molecular flexibility index (Phi) is 3.45. The van der Waals surface area contributed by atoms with Crippen LogP contribution in [-0.4, -0.2) is 6.54 Å². The zero-order valence-electron chi connectivity index (χ0n) is 7.77. The minimum atomic E-state index is -0.185. The second-order valence-electron chi connectivity index (χ2n) is 3.23. The van der Waals surface area contributed by atoms with Crippen molar-refractivity contribution in [2.45, 2.75) is 19.8 Å². The van der Waals surface area contributed by atoms with Gasteiger partial charge in [0.25, 0.3) is 0 Å². The second-order valence-corrected chi connectivity index (χ2v) is 4.02. The monoisotopic (exact) mass is 245 g/mol. The fraction of sp³-hybridized carbons (Fsp3) is 0.400. The van der Waals surface area contributed by atoms with E-state index in [1.165, 1.54) is 6.07 Å². The van der Waals surface area contributed by atoms with Gasteiger partial charge in [-0.2, -0.15) is 0 Å². The van der Waals surface area contributed by atoms with Crippen molar-refractivity contribution in [2.24, 2.45) is 5.73 Å². The molecule has 0 aliphatic heterocycles. The Labute approximate surface area is 86.3 Å². The first-order valence-corrected chi connectivity index (χ1v) is 5.01. The van der Waals surface area contributed by atoms with Crippen molar-refractivity contribution >= 4 is 15.9 Å². The second kappa shape index (κ2) is 4.20. The number of benzene rings is 1. The topological polar surface area (TPSA) is 26.0 Å². The van der Waals surface area contributed by atoms with E-state index in [0.717, 1.165) is 10.0 Å². The normalized spacial score (nSPS) is 13.0. The molecule has 72 valence electrons. The van der Waals surface area contributed by atoms with Crippen LogP contribution in [-0.2, 0) is 0 Å². The summed E-state index contributed by atoms with van der Waals surface area (Å²) in [6.07, 6.45) is 0. The van der Waals surface area contributed by atoms with E-state index in [-0.39, 0.29) is 11.7 Å². The van der Waals surface area contributed by atoms with E-state index in [1.807, 2.05) is 13.8 Å². The largest absolute Gasteiger partial charge is 0.330 e. The average Bonchev–Trinajstić information content (AvgIpc) is 2.12. The number of hydrogen-bond acceptors (Lipinski definition) is 1. The molecule has 2 N–H and O–H groups in total. The molecule has 1 atom stereocenters. The zero-order valence-corrected chi connectivity index (χ0v) is 9.36. The van der Waals surface area contributed by atoms with Crippen molar-refractivity contribution in [2.75, 3.05) is 6.54 Å². The fourth-order valence-electron chi connectivity index (χ4n) is 1.25. The molecule has 13 heavy (non-hydrogen) atoms. The lowest BCUT2D eigenvalue weighted by molar-refractivity contribution is 0.588. The number of halogens is 2. The Hall–Kier alpha value is -0.410. The maximum Gasteiger partial charge on any atom is 0.127 e. The van der Waals surface area contributed by atoms with Gasteiger partial charge in [0, 0.05) is 10.0 Å². The van der Waals surface area contributed by atoms with Crippen LogP contribution in [0.15, 0.2) is 16.6 Å². The smallest absolute Gasteiger partial charge is 0.127 e. The molecular weight excluding hydrogens is 233 g/mol. The van der Waals surface area contributed by atoms with Gasteiger partial charge >= 0.3 is 0 Å². The van der Waals surface area contributed by atoms with Crippen molar-refractivity contribution in [3.63, 3.8) is 0 Å². The standard InChI is InChI=1S/C10H13BrFN/c1-6-3-4-8(12)9(10(6)11)7(2)5-13/h3-4,7H,5,13H2,1-2H3. The van der Waals surface area contributed by atoms with Crippen LogP contribution in [0, 0.1) is 12.7 Å². The predicted molar refractivity (Wildman–Crippen MR) is 56.3 cm³/mol. The third-order valence-electron chi connectivity index (χ3n) is 2.17. The molecule has 0 aliphatic carbocycles. The van der Waals surface area contributed by atoms with E-state index in [2.05, 4.69) is 15.9 Å². The van der Waals surface area contributed by atoms with E-state index >= 15 is 0 Å². The molecule has 1 nitrogen and oxygen atoms in total. The van der Waals surface area contributed by atoms with Gasteiger partial charge in [-0.25, -0.2) is 4.39 Å². The van der Waals surface area contributed by atoms with E-state index < -0.39 is 0 Å². The minimum Gasteiger partial charge on any atom is -0.330 e. The molecule has 0 aliphatic rings. The first-order chi connectivity index (χ1) is 6.07. The molecule has 0 aromatic heterocycles. The molecule has 0 saturated carbocycles. The lowest BCUT2D eigenvalue weighted by Gasteiger charge is -2.13. The van der Waals surface area contributed by atoms with Gasteiger partial charge in [0.1, 0.15) is 5.82 Å². The first kappa shape index (κ1) is 10.7. The van der Waals surface area contributed by atoms with E-state index in [9.17, 15) is 4.39 Å².